The minimum atomic E-state index is -0.247. The highest BCUT2D eigenvalue weighted by Crippen LogP contribution is 2.04. The summed E-state index contributed by atoms with van der Waals surface area (Å²) in [6.45, 7) is 7.33. The van der Waals surface area contributed by atoms with Gasteiger partial charge in [-0.15, -0.1) is 0 Å². The number of hydrogen-bond acceptors (Lipinski definition) is 3. The van der Waals surface area contributed by atoms with Crippen molar-refractivity contribution in [2.24, 2.45) is 4.99 Å². The van der Waals surface area contributed by atoms with E-state index in [4.69, 9.17) is 0 Å². The van der Waals surface area contributed by atoms with E-state index in [0.717, 1.165) is 12.1 Å². The molecule has 1 aromatic heterocycles. The fraction of sp³-hybridized carbons (Fsp3) is 0.421. The Labute approximate surface area is 154 Å². The number of carbonyl (C=O) groups excluding carboxylic acids is 1. The molecule has 1 heterocycles. The van der Waals surface area contributed by atoms with E-state index >= 15 is 0 Å². The van der Waals surface area contributed by atoms with Gasteiger partial charge in [-0.1, -0.05) is 30.3 Å². The van der Waals surface area contributed by atoms with Crippen LogP contribution in [0.3, 0.4) is 0 Å². The lowest BCUT2D eigenvalue weighted by Gasteiger charge is -2.21. The molecule has 1 aromatic carbocycles. The molecule has 0 radical (unpaired) electrons. The summed E-state index contributed by atoms with van der Waals surface area (Å²) in [5.41, 5.74) is 2.00. The van der Waals surface area contributed by atoms with E-state index in [1.54, 1.807) is 7.05 Å². The van der Waals surface area contributed by atoms with Crippen molar-refractivity contribution in [3.05, 3.63) is 53.9 Å². The molecule has 0 bridgehead atoms. The van der Waals surface area contributed by atoms with Crippen LogP contribution in [0, 0.1) is 0 Å². The number of nitrogens with zero attached hydrogens (tertiary/aromatic N) is 3. The second kappa shape index (κ2) is 9.03. The molecule has 0 spiro atoms. The van der Waals surface area contributed by atoms with Crippen molar-refractivity contribution in [1.82, 2.24) is 25.7 Å². The number of aromatic nitrogens is 2. The van der Waals surface area contributed by atoms with Gasteiger partial charge in [-0.3, -0.25) is 14.5 Å². The molecule has 26 heavy (non-hydrogen) atoms. The van der Waals surface area contributed by atoms with E-state index < -0.39 is 0 Å². The molecule has 140 valence electrons. The van der Waals surface area contributed by atoms with Crippen molar-refractivity contribution < 1.29 is 4.79 Å². The highest BCUT2D eigenvalue weighted by molar-refractivity contribution is 5.86. The first-order valence-corrected chi connectivity index (χ1v) is 8.66. The number of amides is 1. The predicted octanol–water partition coefficient (Wildman–Crippen LogP) is 1.51. The lowest BCUT2D eigenvalue weighted by atomic mass is 10.1. The number of rotatable bonds is 6. The van der Waals surface area contributed by atoms with Gasteiger partial charge < -0.3 is 16.0 Å². The Bertz CT molecular complexity index is 730. The molecule has 2 aromatic rings. The molecule has 1 amide bonds. The highest BCUT2D eigenvalue weighted by atomic mass is 16.2. The highest BCUT2D eigenvalue weighted by Gasteiger charge is 2.13. The second-order valence-electron chi connectivity index (χ2n) is 7.11. The fourth-order valence-corrected chi connectivity index (χ4v) is 2.39. The summed E-state index contributed by atoms with van der Waals surface area (Å²) in [5.74, 6) is 0.501. The third-order valence-corrected chi connectivity index (χ3v) is 3.49. The zero-order valence-electron chi connectivity index (χ0n) is 15.9. The van der Waals surface area contributed by atoms with E-state index in [0.29, 0.717) is 12.5 Å². The molecule has 0 unspecified atom stereocenters. The van der Waals surface area contributed by atoms with E-state index in [9.17, 15) is 4.79 Å². The molecule has 0 fully saturated rings. The number of guanidine groups is 1. The average molecular weight is 356 g/mol. The Balaban J connectivity index is 1.79. The van der Waals surface area contributed by atoms with Crippen LogP contribution >= 0.6 is 0 Å². The maximum atomic E-state index is 11.9. The molecule has 0 aliphatic rings. The number of aliphatic imine (C=N–C) groups is 1. The van der Waals surface area contributed by atoms with Crippen LogP contribution in [-0.2, 0) is 17.9 Å². The first kappa shape index (κ1) is 19.5. The van der Waals surface area contributed by atoms with Gasteiger partial charge in [0, 0.05) is 30.9 Å². The van der Waals surface area contributed by atoms with Crippen molar-refractivity contribution in [1.29, 1.82) is 0 Å². The summed E-state index contributed by atoms with van der Waals surface area (Å²) in [6, 6.07) is 10.2. The summed E-state index contributed by atoms with van der Waals surface area (Å²) in [4.78, 5) is 16.0. The van der Waals surface area contributed by atoms with Crippen LogP contribution in [0.25, 0.3) is 0 Å². The van der Waals surface area contributed by atoms with Gasteiger partial charge in [0.05, 0.1) is 19.3 Å². The first-order chi connectivity index (χ1) is 12.4. The van der Waals surface area contributed by atoms with Crippen molar-refractivity contribution in [2.75, 3.05) is 13.6 Å². The molecule has 2 rings (SSSR count). The van der Waals surface area contributed by atoms with Gasteiger partial charge in [-0.05, 0) is 26.3 Å². The molecule has 7 nitrogen and oxygen atoms in total. The maximum absolute atomic E-state index is 11.9. The quantitative estimate of drug-likeness (QED) is 0.541. The minimum absolute atomic E-state index is 0.0730. The normalized spacial score (nSPS) is 11.9. The Morgan fingerprint density at radius 1 is 1.15 bits per heavy atom. The Hall–Kier alpha value is -2.83. The van der Waals surface area contributed by atoms with Crippen LogP contribution in [0.2, 0.25) is 0 Å². The smallest absolute Gasteiger partial charge is 0.239 e. The maximum Gasteiger partial charge on any atom is 0.239 e. The van der Waals surface area contributed by atoms with Crippen molar-refractivity contribution in [3.63, 3.8) is 0 Å². The van der Waals surface area contributed by atoms with Gasteiger partial charge in [-0.25, -0.2) is 0 Å². The van der Waals surface area contributed by atoms with Gasteiger partial charge >= 0.3 is 0 Å². The fourth-order valence-electron chi connectivity index (χ4n) is 2.39. The summed E-state index contributed by atoms with van der Waals surface area (Å²) in [7, 11) is 1.68. The molecule has 0 saturated carbocycles. The van der Waals surface area contributed by atoms with Gasteiger partial charge in [-0.2, -0.15) is 5.10 Å². The van der Waals surface area contributed by atoms with Gasteiger partial charge in [0.1, 0.15) is 0 Å². The zero-order valence-corrected chi connectivity index (χ0v) is 15.9. The monoisotopic (exact) mass is 356 g/mol. The lowest BCUT2D eigenvalue weighted by Crippen LogP contribution is -2.48. The zero-order chi connectivity index (χ0) is 19.0. The summed E-state index contributed by atoms with van der Waals surface area (Å²) < 4.78 is 1.90. The van der Waals surface area contributed by atoms with E-state index in [2.05, 4.69) is 38.2 Å². The molecular formula is C19H28N6O. The van der Waals surface area contributed by atoms with Crippen LogP contribution in [0.1, 0.15) is 31.9 Å². The molecular weight excluding hydrogens is 328 g/mol. The standard InChI is InChI=1S/C19H28N6O/c1-19(2,3)24-17(26)12-22-18(20-4)21-10-16-11-23-25(14-16)13-15-8-6-5-7-9-15/h5-9,11,14H,10,12-13H2,1-4H3,(H,24,26)(H2,20,21,22). The average Bonchev–Trinajstić information content (AvgIpc) is 3.02. The molecule has 0 aliphatic carbocycles. The van der Waals surface area contributed by atoms with E-state index in [1.165, 1.54) is 5.56 Å². The van der Waals surface area contributed by atoms with Crippen LogP contribution in [0.5, 0.6) is 0 Å². The molecule has 0 aliphatic heterocycles. The Morgan fingerprint density at radius 3 is 2.54 bits per heavy atom. The third kappa shape index (κ3) is 6.96. The number of nitrogens with one attached hydrogen (secondary N) is 3. The number of hydrogen-bond donors (Lipinski definition) is 3. The lowest BCUT2D eigenvalue weighted by molar-refractivity contribution is -0.121. The molecule has 7 heteroatoms. The molecule has 0 atom stereocenters. The second-order valence-corrected chi connectivity index (χ2v) is 7.11. The summed E-state index contributed by atoms with van der Waals surface area (Å²) >= 11 is 0. The molecule has 3 N–H and O–H groups in total. The largest absolute Gasteiger partial charge is 0.352 e. The number of benzene rings is 1. The topological polar surface area (TPSA) is 83.3 Å². The van der Waals surface area contributed by atoms with Gasteiger partial charge in [0.15, 0.2) is 5.96 Å². The van der Waals surface area contributed by atoms with Crippen LogP contribution in [0.4, 0.5) is 0 Å². The Kier molecular flexibility index (Phi) is 6.77. The minimum Gasteiger partial charge on any atom is -0.352 e. The Morgan fingerprint density at radius 2 is 1.88 bits per heavy atom. The predicted molar refractivity (Wildman–Crippen MR) is 104 cm³/mol. The number of carbonyl (C=O) groups is 1. The van der Waals surface area contributed by atoms with Gasteiger partial charge in [0.25, 0.3) is 0 Å². The van der Waals surface area contributed by atoms with Crippen LogP contribution < -0.4 is 16.0 Å². The summed E-state index contributed by atoms with van der Waals surface area (Å²) in [6.07, 6.45) is 3.83. The SMILES string of the molecule is CN=C(NCC(=O)NC(C)(C)C)NCc1cnn(Cc2ccccc2)c1. The van der Waals surface area contributed by atoms with E-state index in [-0.39, 0.29) is 18.0 Å². The van der Waals surface area contributed by atoms with Crippen LogP contribution in [-0.4, -0.2) is 40.8 Å². The summed E-state index contributed by atoms with van der Waals surface area (Å²) in [5, 5.41) is 13.5. The van der Waals surface area contributed by atoms with Crippen molar-refractivity contribution in [2.45, 2.75) is 39.4 Å². The van der Waals surface area contributed by atoms with E-state index in [1.807, 2.05) is 56.0 Å². The molecule has 0 saturated heterocycles. The first-order valence-electron chi connectivity index (χ1n) is 8.66. The van der Waals surface area contributed by atoms with Crippen molar-refractivity contribution in [3.8, 4) is 0 Å². The van der Waals surface area contributed by atoms with Crippen molar-refractivity contribution >= 4 is 11.9 Å². The van der Waals surface area contributed by atoms with Gasteiger partial charge in [0.2, 0.25) is 5.91 Å². The third-order valence-electron chi connectivity index (χ3n) is 3.49. The van der Waals surface area contributed by atoms with Crippen LogP contribution in [0.15, 0.2) is 47.7 Å².